The average molecular weight is 535 g/mol. The van der Waals surface area contributed by atoms with E-state index in [4.69, 9.17) is 30.5 Å². The molecule has 9 nitrogen and oxygen atoms in total. The van der Waals surface area contributed by atoms with Crippen LogP contribution in [0.2, 0.25) is 5.02 Å². The number of nitrogens with zero attached hydrogens (tertiary/aromatic N) is 1. The maximum absolute atomic E-state index is 13.1. The minimum Gasteiger partial charge on any atom is -0.495 e. The number of amides is 2. The molecule has 5 atom stereocenters. The first-order valence-electron chi connectivity index (χ1n) is 12.4. The lowest BCUT2D eigenvalue weighted by Gasteiger charge is -2.40. The van der Waals surface area contributed by atoms with Gasteiger partial charge in [-0.3, -0.25) is 10.1 Å². The van der Waals surface area contributed by atoms with Crippen molar-refractivity contribution >= 4 is 29.3 Å². The third-order valence-corrected chi connectivity index (χ3v) is 7.77. The molecule has 3 unspecified atom stereocenters. The van der Waals surface area contributed by atoms with Crippen molar-refractivity contribution in [3.05, 3.63) is 46.5 Å². The Balaban J connectivity index is 1.69. The number of nitrogens with one attached hydrogen (secondary N) is 1. The van der Waals surface area contributed by atoms with Gasteiger partial charge in [-0.2, -0.15) is 0 Å². The number of halogens is 1. The van der Waals surface area contributed by atoms with Gasteiger partial charge in [0.2, 0.25) is 5.91 Å². The number of alkyl carbamates (subject to hydrolysis) is 1. The largest absolute Gasteiger partial charge is 0.495 e. The highest BCUT2D eigenvalue weighted by Crippen LogP contribution is 2.45. The van der Waals surface area contributed by atoms with Crippen LogP contribution >= 0.6 is 11.6 Å². The Hall–Kier alpha value is -2.59. The summed E-state index contributed by atoms with van der Waals surface area (Å²) in [5.74, 6) is 0.389. The van der Waals surface area contributed by atoms with E-state index in [1.54, 1.807) is 31.2 Å². The Kier molecular flexibility index (Phi) is 7.90. The summed E-state index contributed by atoms with van der Waals surface area (Å²) in [5.41, 5.74) is 0.349. The van der Waals surface area contributed by atoms with Gasteiger partial charge < -0.3 is 29.0 Å². The van der Waals surface area contributed by atoms with E-state index in [0.29, 0.717) is 35.7 Å². The van der Waals surface area contributed by atoms with Gasteiger partial charge in [0.15, 0.2) is 5.72 Å². The molecule has 202 valence electrons. The van der Waals surface area contributed by atoms with Crippen LogP contribution in [0.3, 0.4) is 0 Å². The number of carbonyl (C=O) groups is 2. The van der Waals surface area contributed by atoms with Crippen LogP contribution in [-0.2, 0) is 25.4 Å². The zero-order chi connectivity index (χ0) is 27.0. The van der Waals surface area contributed by atoms with Crippen molar-refractivity contribution in [3.8, 4) is 5.75 Å². The van der Waals surface area contributed by atoms with Crippen LogP contribution < -0.4 is 15.0 Å². The van der Waals surface area contributed by atoms with Gasteiger partial charge in [0, 0.05) is 33.4 Å². The van der Waals surface area contributed by atoms with E-state index >= 15 is 0 Å². The van der Waals surface area contributed by atoms with Crippen LogP contribution in [-0.4, -0.2) is 68.0 Å². The Labute approximate surface area is 222 Å². The summed E-state index contributed by atoms with van der Waals surface area (Å²) in [6.07, 6.45) is 4.97. The highest BCUT2D eigenvalue weighted by Gasteiger charge is 2.55. The van der Waals surface area contributed by atoms with Gasteiger partial charge in [-0.25, -0.2) is 4.79 Å². The van der Waals surface area contributed by atoms with Gasteiger partial charge in [0.1, 0.15) is 23.0 Å². The van der Waals surface area contributed by atoms with Gasteiger partial charge in [-0.05, 0) is 44.4 Å². The highest BCUT2D eigenvalue weighted by atomic mass is 35.5. The zero-order valence-electron chi connectivity index (χ0n) is 21.9. The number of benzene rings is 1. The van der Waals surface area contributed by atoms with Crippen molar-refractivity contribution in [2.45, 2.75) is 75.6 Å². The number of allylic oxidation sites excluding steroid dienone is 3. The molecule has 1 aromatic carbocycles. The number of hydrogen-bond donors (Lipinski definition) is 2. The molecular formula is C27H35ClN2O7. The molecule has 3 heterocycles. The third-order valence-electron chi connectivity index (χ3n) is 7.39. The number of anilines is 1. The summed E-state index contributed by atoms with van der Waals surface area (Å²) < 4.78 is 22.4. The van der Waals surface area contributed by atoms with Crippen LogP contribution in [0.1, 0.15) is 45.1 Å². The summed E-state index contributed by atoms with van der Waals surface area (Å²) >= 11 is 6.59. The number of carbonyl (C=O) groups excluding carboxylic acids is 2. The second-order valence-electron chi connectivity index (χ2n) is 10.3. The van der Waals surface area contributed by atoms with Gasteiger partial charge in [0.05, 0.1) is 24.5 Å². The molecule has 10 heteroatoms. The lowest BCUT2D eigenvalue weighted by atomic mass is 9.91. The fourth-order valence-corrected chi connectivity index (χ4v) is 5.40. The van der Waals surface area contributed by atoms with Gasteiger partial charge in [0.25, 0.3) is 0 Å². The van der Waals surface area contributed by atoms with E-state index in [2.05, 4.69) is 5.32 Å². The maximum atomic E-state index is 13.1. The molecule has 2 amide bonds. The molecule has 4 rings (SSSR count). The summed E-state index contributed by atoms with van der Waals surface area (Å²) in [7, 11) is 4.73. The summed E-state index contributed by atoms with van der Waals surface area (Å²) in [6, 6.07) is 3.75. The molecular weight excluding hydrogens is 500 g/mol. The van der Waals surface area contributed by atoms with Crippen molar-refractivity contribution in [1.82, 2.24) is 5.32 Å². The van der Waals surface area contributed by atoms with E-state index in [-0.39, 0.29) is 24.9 Å². The van der Waals surface area contributed by atoms with E-state index < -0.39 is 29.6 Å². The van der Waals surface area contributed by atoms with E-state index in [1.807, 2.05) is 32.1 Å². The molecule has 2 N–H and O–H groups in total. The molecule has 0 saturated carbocycles. The molecule has 37 heavy (non-hydrogen) atoms. The lowest BCUT2D eigenvalue weighted by molar-refractivity contribution is -0.135. The first kappa shape index (κ1) is 27.4. The molecule has 4 bridgehead atoms. The SMILES string of the molecule is COc1cc2cc(c1Cl)N(C)C(=O)CCC1(C)OC1CC1C[C@@](O)(NC(=O)O1)[C@H](OC)/C=C/C=C(\C)C2. The Morgan fingerprint density at radius 1 is 1.27 bits per heavy atom. The number of epoxide rings is 1. The predicted octanol–water partition coefficient (Wildman–Crippen LogP) is 3.90. The van der Waals surface area contributed by atoms with Crippen molar-refractivity contribution < 1.29 is 33.6 Å². The first-order chi connectivity index (χ1) is 17.5. The highest BCUT2D eigenvalue weighted by molar-refractivity contribution is 6.35. The fourth-order valence-electron chi connectivity index (χ4n) is 5.09. The molecule has 2 fully saturated rings. The average Bonchev–Trinajstić information content (AvgIpc) is 3.48. The fraction of sp³-hybridized carbons (Fsp3) is 0.556. The minimum absolute atomic E-state index is 0.102. The molecule has 0 aromatic heterocycles. The molecule has 0 spiro atoms. The second-order valence-corrected chi connectivity index (χ2v) is 10.6. The zero-order valence-corrected chi connectivity index (χ0v) is 22.6. The van der Waals surface area contributed by atoms with Crippen molar-refractivity contribution in [2.75, 3.05) is 26.2 Å². The predicted molar refractivity (Wildman–Crippen MR) is 139 cm³/mol. The number of fused-ring (bicyclic) bond motifs is 5. The van der Waals surface area contributed by atoms with Gasteiger partial charge >= 0.3 is 6.09 Å². The maximum Gasteiger partial charge on any atom is 0.409 e. The first-order valence-corrected chi connectivity index (χ1v) is 12.7. The minimum atomic E-state index is -1.64. The van der Waals surface area contributed by atoms with Gasteiger partial charge in [-0.15, -0.1) is 0 Å². The topological polar surface area (TPSA) is 110 Å². The third kappa shape index (κ3) is 5.95. The van der Waals surface area contributed by atoms with Gasteiger partial charge in [-0.1, -0.05) is 35.4 Å². The summed E-state index contributed by atoms with van der Waals surface area (Å²) in [4.78, 5) is 27.0. The number of rotatable bonds is 2. The van der Waals surface area contributed by atoms with E-state index in [0.717, 1.165) is 11.1 Å². The Morgan fingerprint density at radius 2 is 2.03 bits per heavy atom. The number of aliphatic hydroxyl groups is 1. The smallest absolute Gasteiger partial charge is 0.409 e. The van der Waals surface area contributed by atoms with Crippen LogP contribution in [0.25, 0.3) is 0 Å². The van der Waals surface area contributed by atoms with Crippen molar-refractivity contribution in [1.29, 1.82) is 0 Å². The van der Waals surface area contributed by atoms with Crippen LogP contribution in [0.4, 0.5) is 10.5 Å². The number of ether oxygens (including phenoxy) is 4. The van der Waals surface area contributed by atoms with Crippen molar-refractivity contribution in [2.24, 2.45) is 0 Å². The van der Waals surface area contributed by atoms with E-state index in [9.17, 15) is 14.7 Å². The molecule has 3 aliphatic rings. The monoisotopic (exact) mass is 534 g/mol. The van der Waals surface area contributed by atoms with Crippen LogP contribution in [0, 0.1) is 0 Å². The van der Waals surface area contributed by atoms with Crippen LogP contribution in [0.5, 0.6) is 5.75 Å². The Bertz CT molecular complexity index is 1120. The standard InChI is InChI=1S/C27H35ClN2O7/c1-16-7-6-8-21(35-5)27(33)15-18(36-25(32)29-27)14-22-26(2,37-22)10-9-23(31)30(3)19-12-17(11-16)13-20(34-4)24(19)28/h6-8,12-13,18,21-22,33H,9-11,14-15H2,1-5H3,(H,29,32)/b8-6+,16-7+/t18?,21-,22?,26?,27+/m1/s1. The van der Waals surface area contributed by atoms with E-state index in [1.165, 1.54) is 7.11 Å². The number of methoxy groups -OCH3 is 2. The summed E-state index contributed by atoms with van der Waals surface area (Å²) in [6.45, 7) is 3.91. The van der Waals surface area contributed by atoms with Crippen molar-refractivity contribution in [3.63, 3.8) is 0 Å². The lowest BCUT2D eigenvalue weighted by Crippen LogP contribution is -2.62. The normalized spacial score (nSPS) is 34.9. The second kappa shape index (κ2) is 10.6. The Morgan fingerprint density at radius 3 is 2.73 bits per heavy atom. The molecule has 3 aliphatic heterocycles. The molecule has 1 aromatic rings. The molecule has 0 aliphatic carbocycles. The quantitative estimate of drug-likeness (QED) is 0.554. The van der Waals surface area contributed by atoms with Crippen LogP contribution in [0.15, 0.2) is 35.9 Å². The molecule has 2 saturated heterocycles. The number of hydrogen-bond acceptors (Lipinski definition) is 7. The summed E-state index contributed by atoms with van der Waals surface area (Å²) in [5, 5.41) is 14.2. The molecule has 0 radical (unpaired) electrons.